The highest BCUT2D eigenvalue weighted by molar-refractivity contribution is 6.53. The Balaban J connectivity index is 1.42. The van der Waals surface area contributed by atoms with Crippen LogP contribution >= 0.6 is 11.6 Å². The molecule has 0 unspecified atom stereocenters. The van der Waals surface area contributed by atoms with Crippen LogP contribution in [0, 0.1) is 0 Å². The molecular weight excluding hydrogens is 482 g/mol. The van der Waals surface area contributed by atoms with Crippen LogP contribution in [0.3, 0.4) is 0 Å². The minimum absolute atomic E-state index is 0.0698. The molecule has 0 fully saturated rings. The molecule has 0 aromatic heterocycles. The van der Waals surface area contributed by atoms with Gasteiger partial charge in [-0.2, -0.15) is 0 Å². The maximum Gasteiger partial charge on any atom is 0.283 e. The molecule has 2 N–H and O–H groups in total. The van der Waals surface area contributed by atoms with Crippen molar-refractivity contribution in [3.8, 4) is 11.5 Å². The first-order chi connectivity index (χ1) is 17.4. The van der Waals surface area contributed by atoms with E-state index in [-0.39, 0.29) is 28.1 Å². The fourth-order valence-electron chi connectivity index (χ4n) is 3.72. The number of nitrogens with zero attached hydrogens (tertiary/aromatic N) is 1. The number of carbonyl (C=O) groups excluding carboxylic acids is 3. The largest absolute Gasteiger partial charge is 0.497 e. The predicted octanol–water partition coefficient (Wildman–Crippen LogP) is 4.11. The fraction of sp³-hybridized carbons (Fsp3) is 0.148. The van der Waals surface area contributed by atoms with E-state index in [1.54, 1.807) is 42.5 Å². The second-order valence-electron chi connectivity index (χ2n) is 7.87. The molecule has 3 aromatic carbocycles. The van der Waals surface area contributed by atoms with E-state index in [1.807, 2.05) is 30.3 Å². The van der Waals surface area contributed by atoms with Crippen LogP contribution in [-0.2, 0) is 16.0 Å². The van der Waals surface area contributed by atoms with E-state index in [9.17, 15) is 14.4 Å². The Morgan fingerprint density at radius 3 is 2.31 bits per heavy atom. The molecule has 0 atom stereocenters. The number of amides is 3. The van der Waals surface area contributed by atoms with Gasteiger partial charge in [-0.1, -0.05) is 41.9 Å². The zero-order valence-electron chi connectivity index (χ0n) is 19.7. The van der Waals surface area contributed by atoms with E-state index in [4.69, 9.17) is 21.1 Å². The number of carbonyl (C=O) groups is 3. The topological polar surface area (TPSA) is 97.0 Å². The lowest BCUT2D eigenvalue weighted by atomic mass is 10.1. The lowest BCUT2D eigenvalue weighted by Gasteiger charge is -2.18. The number of imide groups is 1. The van der Waals surface area contributed by atoms with Crippen LogP contribution in [0.2, 0.25) is 0 Å². The molecule has 1 aliphatic heterocycles. The first kappa shape index (κ1) is 24.8. The first-order valence-electron chi connectivity index (χ1n) is 11.1. The van der Waals surface area contributed by atoms with Gasteiger partial charge in [0.25, 0.3) is 17.7 Å². The van der Waals surface area contributed by atoms with E-state index in [0.717, 1.165) is 16.9 Å². The monoisotopic (exact) mass is 505 g/mol. The van der Waals surface area contributed by atoms with Gasteiger partial charge in [0.1, 0.15) is 22.2 Å². The predicted molar refractivity (Wildman–Crippen MR) is 137 cm³/mol. The molecule has 9 heteroatoms. The fourth-order valence-corrected chi connectivity index (χ4v) is 3.93. The van der Waals surface area contributed by atoms with Crippen molar-refractivity contribution >= 4 is 40.7 Å². The van der Waals surface area contributed by atoms with Gasteiger partial charge in [-0.15, -0.1) is 0 Å². The summed E-state index contributed by atoms with van der Waals surface area (Å²) >= 11 is 6.24. The summed E-state index contributed by atoms with van der Waals surface area (Å²) in [5.74, 6) is -0.724. The molecule has 1 aliphatic rings. The van der Waals surface area contributed by atoms with Crippen molar-refractivity contribution in [3.63, 3.8) is 0 Å². The average molecular weight is 506 g/mol. The number of ether oxygens (including phenoxy) is 2. The van der Waals surface area contributed by atoms with Crippen LogP contribution in [-0.4, -0.2) is 38.5 Å². The summed E-state index contributed by atoms with van der Waals surface area (Å²) in [6, 6.07) is 21.1. The zero-order chi connectivity index (χ0) is 25.7. The third-order valence-corrected chi connectivity index (χ3v) is 5.96. The Hall–Kier alpha value is -4.30. The van der Waals surface area contributed by atoms with Crippen molar-refractivity contribution in [1.29, 1.82) is 0 Å². The van der Waals surface area contributed by atoms with Crippen LogP contribution in [0.15, 0.2) is 83.5 Å². The molecule has 36 heavy (non-hydrogen) atoms. The molecule has 1 heterocycles. The van der Waals surface area contributed by atoms with Gasteiger partial charge in [0.15, 0.2) is 0 Å². The molecule has 4 rings (SSSR count). The van der Waals surface area contributed by atoms with Crippen molar-refractivity contribution < 1.29 is 23.9 Å². The van der Waals surface area contributed by atoms with Crippen LogP contribution in [0.25, 0.3) is 0 Å². The van der Waals surface area contributed by atoms with Crippen molar-refractivity contribution in [1.82, 2.24) is 5.32 Å². The second kappa shape index (κ2) is 11.0. The van der Waals surface area contributed by atoms with Gasteiger partial charge in [-0.3, -0.25) is 14.4 Å². The van der Waals surface area contributed by atoms with E-state index in [0.29, 0.717) is 23.5 Å². The van der Waals surface area contributed by atoms with E-state index < -0.39 is 11.8 Å². The Morgan fingerprint density at radius 2 is 1.64 bits per heavy atom. The van der Waals surface area contributed by atoms with Crippen LogP contribution in [0.1, 0.15) is 15.9 Å². The molecule has 184 valence electrons. The van der Waals surface area contributed by atoms with Crippen LogP contribution in [0.4, 0.5) is 11.4 Å². The number of hydrogen-bond acceptors (Lipinski definition) is 6. The Labute approximate surface area is 213 Å². The quantitative estimate of drug-likeness (QED) is 0.425. The highest BCUT2D eigenvalue weighted by Crippen LogP contribution is 2.37. The maximum absolute atomic E-state index is 13.1. The number of anilines is 2. The molecule has 8 nitrogen and oxygen atoms in total. The number of hydrogen-bond donors (Lipinski definition) is 2. The molecule has 0 bridgehead atoms. The number of rotatable bonds is 9. The summed E-state index contributed by atoms with van der Waals surface area (Å²) < 4.78 is 10.5. The van der Waals surface area contributed by atoms with Crippen molar-refractivity contribution in [2.24, 2.45) is 0 Å². The first-order valence-corrected chi connectivity index (χ1v) is 11.5. The number of methoxy groups -OCH3 is 2. The van der Waals surface area contributed by atoms with Gasteiger partial charge in [0.05, 0.1) is 19.9 Å². The molecular formula is C27H24ClN3O5. The number of halogens is 1. The minimum Gasteiger partial charge on any atom is -0.497 e. The average Bonchev–Trinajstić information content (AvgIpc) is 3.12. The molecule has 0 aliphatic carbocycles. The SMILES string of the molecule is COc1ccc(N2C(=O)C(Cl)=C(Nc3ccc(C(=O)NCCc4ccccc4)cc3)C2=O)c(OC)c1. The zero-order valence-corrected chi connectivity index (χ0v) is 20.5. The second-order valence-corrected chi connectivity index (χ2v) is 8.24. The molecule has 0 saturated carbocycles. The third kappa shape index (κ3) is 5.18. The smallest absolute Gasteiger partial charge is 0.283 e. The van der Waals surface area contributed by atoms with E-state index in [2.05, 4.69) is 10.6 Å². The highest BCUT2D eigenvalue weighted by Gasteiger charge is 2.40. The number of benzene rings is 3. The summed E-state index contributed by atoms with van der Waals surface area (Å²) in [5.41, 5.74) is 2.27. The van der Waals surface area contributed by atoms with Crippen molar-refractivity contribution in [3.05, 3.63) is 94.7 Å². The lowest BCUT2D eigenvalue weighted by molar-refractivity contribution is -0.120. The lowest BCUT2D eigenvalue weighted by Crippen LogP contribution is -2.32. The minimum atomic E-state index is -0.679. The standard InChI is InChI=1S/C27H24ClN3O5/c1-35-20-12-13-21(22(16-20)36-2)31-26(33)23(28)24(27(31)34)30-19-10-8-18(9-11-19)25(32)29-15-14-17-6-4-3-5-7-17/h3-13,16,30H,14-15H2,1-2H3,(H,29,32). The van der Waals surface area contributed by atoms with Gasteiger partial charge in [0, 0.05) is 23.9 Å². The maximum atomic E-state index is 13.1. The van der Waals surface area contributed by atoms with Gasteiger partial charge in [-0.25, -0.2) is 4.90 Å². The normalized spacial score (nSPS) is 13.1. The van der Waals surface area contributed by atoms with Crippen LogP contribution < -0.4 is 25.0 Å². The molecule has 3 amide bonds. The van der Waals surface area contributed by atoms with Gasteiger partial charge in [0.2, 0.25) is 0 Å². The van der Waals surface area contributed by atoms with Gasteiger partial charge >= 0.3 is 0 Å². The summed E-state index contributed by atoms with van der Waals surface area (Å²) in [6.07, 6.45) is 0.727. The summed E-state index contributed by atoms with van der Waals surface area (Å²) in [5, 5.41) is 5.54. The van der Waals surface area contributed by atoms with E-state index in [1.165, 1.54) is 14.2 Å². The highest BCUT2D eigenvalue weighted by atomic mass is 35.5. The summed E-state index contributed by atoms with van der Waals surface area (Å²) in [6.45, 7) is 0.507. The van der Waals surface area contributed by atoms with Crippen molar-refractivity contribution in [2.45, 2.75) is 6.42 Å². The van der Waals surface area contributed by atoms with Crippen molar-refractivity contribution in [2.75, 3.05) is 31.0 Å². The van der Waals surface area contributed by atoms with Gasteiger partial charge in [-0.05, 0) is 48.4 Å². The molecule has 0 spiro atoms. The molecule has 0 radical (unpaired) electrons. The Morgan fingerprint density at radius 1 is 0.917 bits per heavy atom. The van der Waals surface area contributed by atoms with Gasteiger partial charge < -0.3 is 20.1 Å². The summed E-state index contributed by atoms with van der Waals surface area (Å²) in [7, 11) is 2.93. The molecule has 0 saturated heterocycles. The molecule has 3 aromatic rings. The third-order valence-electron chi connectivity index (χ3n) is 5.61. The summed E-state index contributed by atoms with van der Waals surface area (Å²) in [4.78, 5) is 39.3. The Bertz CT molecular complexity index is 1320. The van der Waals surface area contributed by atoms with E-state index >= 15 is 0 Å². The Kier molecular flexibility index (Phi) is 7.56. The number of nitrogens with one attached hydrogen (secondary N) is 2. The van der Waals surface area contributed by atoms with Crippen LogP contribution in [0.5, 0.6) is 11.5 Å².